The molecule has 0 aliphatic heterocycles. The molecule has 0 radical (unpaired) electrons. The van der Waals surface area contributed by atoms with Gasteiger partial charge in [-0.05, 0) is 5.22 Å². The maximum atomic E-state index is 10.4. The van der Waals surface area contributed by atoms with Crippen molar-refractivity contribution in [3.05, 3.63) is 5.21 Å². The van der Waals surface area contributed by atoms with Crippen molar-refractivity contribution < 1.29 is 4.84 Å². The molecule has 0 heterocycles. The molecular weight excluding hydrogens is 142 g/mol. The maximum absolute atomic E-state index is 10.4. The third-order valence-electron chi connectivity index (χ3n) is 0.563. The molecular formula is CH8N7O2-. The van der Waals surface area contributed by atoms with Gasteiger partial charge in [-0.3, -0.25) is 10.7 Å². The van der Waals surface area contributed by atoms with Gasteiger partial charge in [0.1, 0.15) is 0 Å². The number of rotatable bonds is 4. The van der Waals surface area contributed by atoms with Crippen molar-refractivity contribution in [1.82, 2.24) is 16.1 Å². The molecule has 0 amide bonds. The predicted molar refractivity (Wildman–Crippen MR) is 30.4 cm³/mol. The fraction of sp³-hybridized carbons (Fsp3) is 1.00. The molecule has 0 rings (SSSR count). The lowest BCUT2D eigenvalue weighted by atomic mass is 11.7. The summed E-state index contributed by atoms with van der Waals surface area (Å²) in [6.45, 7) is 0. The zero-order chi connectivity index (χ0) is 7.98. The van der Waals surface area contributed by atoms with Crippen LogP contribution in [0.4, 0.5) is 0 Å². The highest BCUT2D eigenvalue weighted by atomic mass is 16.9. The van der Waals surface area contributed by atoms with E-state index in [-0.39, 0.29) is 5.34 Å². The number of hydrogen-bond acceptors (Lipinski definition) is 7. The Hall–Kier alpha value is -1.00. The summed E-state index contributed by atoms with van der Waals surface area (Å²) in [7, 11) is 1.13. The van der Waals surface area contributed by atoms with Gasteiger partial charge >= 0.3 is 0 Å². The minimum absolute atomic E-state index is 0.0592. The second-order valence-corrected chi connectivity index (χ2v) is 1.04. The van der Waals surface area contributed by atoms with Crippen LogP contribution in [0.5, 0.6) is 0 Å². The third kappa shape index (κ3) is 2.52. The van der Waals surface area contributed by atoms with E-state index < -0.39 is 0 Å². The van der Waals surface area contributed by atoms with E-state index >= 15 is 0 Å². The van der Waals surface area contributed by atoms with Crippen molar-refractivity contribution >= 4 is 0 Å². The Labute approximate surface area is 56.6 Å². The summed E-state index contributed by atoms with van der Waals surface area (Å²) in [5.74, 6) is 9.38. The summed E-state index contributed by atoms with van der Waals surface area (Å²) >= 11 is 0. The summed E-state index contributed by atoms with van der Waals surface area (Å²) in [5.41, 5.74) is 1.84. The second kappa shape index (κ2) is 4.84. The SMILES string of the molecule is CON([O-])N(/N=N/N)NN. The van der Waals surface area contributed by atoms with Gasteiger partial charge in [-0.15, -0.1) is 16.1 Å². The molecule has 0 aliphatic carbocycles. The summed E-state index contributed by atoms with van der Waals surface area (Å²) in [6, 6.07) is 0. The Morgan fingerprint density at radius 1 is 1.70 bits per heavy atom. The van der Waals surface area contributed by atoms with Gasteiger partial charge in [-0.1, -0.05) is 5.22 Å². The molecule has 0 fully saturated rings. The van der Waals surface area contributed by atoms with Gasteiger partial charge in [0.2, 0.25) is 0 Å². The average Bonchev–Trinajstić information content (AvgIpc) is 1.99. The predicted octanol–water partition coefficient (Wildman–Crippen LogP) is -1.82. The zero-order valence-electron chi connectivity index (χ0n) is 5.26. The summed E-state index contributed by atoms with van der Waals surface area (Å²) < 4.78 is 0. The van der Waals surface area contributed by atoms with Crippen molar-refractivity contribution in [1.29, 1.82) is 0 Å². The Morgan fingerprint density at radius 3 is 2.60 bits per heavy atom. The summed E-state index contributed by atoms with van der Waals surface area (Å²) in [6.07, 6.45) is 0. The van der Waals surface area contributed by atoms with Crippen LogP contribution in [-0.4, -0.2) is 17.7 Å². The molecule has 60 valence electrons. The van der Waals surface area contributed by atoms with Crippen molar-refractivity contribution in [2.45, 2.75) is 0 Å². The minimum Gasteiger partial charge on any atom is -0.741 e. The lowest BCUT2D eigenvalue weighted by molar-refractivity contribution is -0.257. The van der Waals surface area contributed by atoms with Crippen LogP contribution >= 0.6 is 0 Å². The molecule has 0 aromatic rings. The Bertz CT molecular complexity index is 104. The number of hydrogen-bond donors (Lipinski definition) is 3. The fourth-order valence-corrected chi connectivity index (χ4v) is 0.232. The van der Waals surface area contributed by atoms with E-state index in [1.54, 1.807) is 0 Å². The molecule has 0 atom stereocenters. The molecule has 0 aromatic heterocycles. The van der Waals surface area contributed by atoms with Crippen LogP contribution in [-0.2, 0) is 4.84 Å². The molecule has 0 aromatic carbocycles. The molecule has 9 heteroatoms. The van der Waals surface area contributed by atoms with E-state index in [2.05, 4.69) is 21.1 Å². The van der Waals surface area contributed by atoms with Crippen LogP contribution < -0.4 is 17.2 Å². The van der Waals surface area contributed by atoms with Crippen molar-refractivity contribution in [3.63, 3.8) is 0 Å². The molecule has 0 unspecified atom stereocenters. The van der Waals surface area contributed by atoms with E-state index in [1.165, 1.54) is 0 Å². The maximum Gasteiger partial charge on any atom is 0.0586 e. The van der Waals surface area contributed by atoms with Crippen molar-refractivity contribution in [3.8, 4) is 0 Å². The highest BCUT2D eigenvalue weighted by molar-refractivity contribution is 4.27. The molecule has 0 saturated carbocycles. The standard InChI is InChI=1S/CH8N7O2/c1-10-8(9)7(5-3)6-4-2/h5H,3H2,1H3,(H2,2,6)/q-1. The third-order valence-corrected chi connectivity index (χ3v) is 0.563. The smallest absolute Gasteiger partial charge is 0.0586 e. The minimum atomic E-state index is -0.0592. The largest absolute Gasteiger partial charge is 0.741 e. The van der Waals surface area contributed by atoms with Gasteiger partial charge in [0.05, 0.1) is 7.11 Å². The van der Waals surface area contributed by atoms with Gasteiger partial charge in [-0.2, -0.15) is 0 Å². The molecule has 0 spiro atoms. The topological polar surface area (TPSA) is 128 Å². The van der Waals surface area contributed by atoms with Crippen LogP contribution in [0.15, 0.2) is 10.4 Å². The molecule has 0 bridgehead atoms. The first kappa shape index (κ1) is 9.00. The zero-order valence-corrected chi connectivity index (χ0v) is 5.26. The number of nitrogens with zero attached hydrogens (tertiary/aromatic N) is 4. The molecule has 0 saturated heterocycles. The number of nitrogens with one attached hydrogen (secondary N) is 1. The molecule has 0 aliphatic rings. The summed E-state index contributed by atoms with van der Waals surface area (Å²) in [5, 5.41) is 16.6. The monoisotopic (exact) mass is 150 g/mol. The van der Waals surface area contributed by atoms with E-state index in [4.69, 9.17) is 5.84 Å². The number of hydrazine groups is 3. The van der Waals surface area contributed by atoms with Crippen LogP contribution in [0.25, 0.3) is 0 Å². The van der Waals surface area contributed by atoms with E-state index in [1.807, 2.05) is 5.53 Å². The lowest BCUT2D eigenvalue weighted by Crippen LogP contribution is -2.47. The van der Waals surface area contributed by atoms with Gasteiger partial charge in [0.15, 0.2) is 0 Å². The lowest BCUT2D eigenvalue weighted by Gasteiger charge is -2.30. The second-order valence-electron chi connectivity index (χ2n) is 1.04. The summed E-state index contributed by atoms with van der Waals surface area (Å²) in [4.78, 5) is 4.11. The van der Waals surface area contributed by atoms with Gasteiger partial charge in [-0.25, -0.2) is 0 Å². The Kier molecular flexibility index (Phi) is 4.36. The van der Waals surface area contributed by atoms with E-state index in [0.717, 1.165) is 7.11 Å². The molecule has 9 nitrogen and oxygen atoms in total. The Balaban J connectivity index is 3.79. The fourth-order valence-electron chi connectivity index (χ4n) is 0.232. The molecule has 10 heavy (non-hydrogen) atoms. The first-order valence-electron chi connectivity index (χ1n) is 2.14. The van der Waals surface area contributed by atoms with E-state index in [0.29, 0.717) is 5.23 Å². The normalized spacial score (nSPS) is 11.2. The number of nitrogens with two attached hydrogens (primary N) is 2. The first-order chi connectivity index (χ1) is 4.76. The van der Waals surface area contributed by atoms with Crippen molar-refractivity contribution in [2.24, 2.45) is 22.1 Å². The van der Waals surface area contributed by atoms with Gasteiger partial charge in [0.25, 0.3) is 0 Å². The van der Waals surface area contributed by atoms with Crippen LogP contribution in [0.3, 0.4) is 0 Å². The van der Waals surface area contributed by atoms with Crippen molar-refractivity contribution in [2.75, 3.05) is 7.11 Å². The van der Waals surface area contributed by atoms with Crippen LogP contribution in [0.2, 0.25) is 0 Å². The van der Waals surface area contributed by atoms with Crippen LogP contribution in [0.1, 0.15) is 0 Å². The highest BCUT2D eigenvalue weighted by Gasteiger charge is 1.97. The Morgan fingerprint density at radius 2 is 2.30 bits per heavy atom. The van der Waals surface area contributed by atoms with Crippen LogP contribution in [0, 0.1) is 5.21 Å². The molecule has 5 N–H and O–H groups in total. The average molecular weight is 150 g/mol. The highest BCUT2D eigenvalue weighted by Crippen LogP contribution is 1.89. The van der Waals surface area contributed by atoms with Gasteiger partial charge < -0.3 is 11.0 Å². The quantitative estimate of drug-likeness (QED) is 0.244. The van der Waals surface area contributed by atoms with E-state index in [9.17, 15) is 5.21 Å². The van der Waals surface area contributed by atoms with Gasteiger partial charge in [0, 0.05) is 0 Å². The first-order valence-corrected chi connectivity index (χ1v) is 2.14.